The zero-order valence-electron chi connectivity index (χ0n) is 14.4. The van der Waals surface area contributed by atoms with Crippen LogP contribution in [-0.2, 0) is 19.6 Å². The van der Waals surface area contributed by atoms with Crippen molar-refractivity contribution in [3.8, 4) is 5.75 Å². The predicted octanol–water partition coefficient (Wildman–Crippen LogP) is 1.10. The van der Waals surface area contributed by atoms with E-state index < -0.39 is 16.1 Å². The lowest BCUT2D eigenvalue weighted by Crippen LogP contribution is -2.40. The molecule has 25 heavy (non-hydrogen) atoms. The van der Waals surface area contributed by atoms with Gasteiger partial charge in [0.1, 0.15) is 5.75 Å². The first-order chi connectivity index (χ1) is 12.0. The number of nitrogens with zero attached hydrogens (tertiary/aromatic N) is 2. The Labute approximate surface area is 148 Å². The maximum Gasteiger partial charge on any atom is 0.263 e. The van der Waals surface area contributed by atoms with E-state index in [1.807, 2.05) is 4.90 Å². The Morgan fingerprint density at radius 3 is 2.28 bits per heavy atom. The topological polar surface area (TPSA) is 76.1 Å². The van der Waals surface area contributed by atoms with Crippen LogP contribution in [0.5, 0.6) is 5.75 Å². The number of sulfonamides is 1. The highest BCUT2D eigenvalue weighted by molar-refractivity contribution is 7.89. The van der Waals surface area contributed by atoms with Crippen molar-refractivity contribution < 1.29 is 22.7 Å². The number of ether oxygens (including phenoxy) is 2. The van der Waals surface area contributed by atoms with Crippen molar-refractivity contribution in [3.63, 3.8) is 0 Å². The third kappa shape index (κ3) is 4.13. The van der Waals surface area contributed by atoms with Crippen LogP contribution >= 0.6 is 0 Å². The third-order valence-corrected chi connectivity index (χ3v) is 6.42. The molecule has 0 N–H and O–H groups in total. The number of rotatable bonds is 5. The van der Waals surface area contributed by atoms with Crippen LogP contribution in [0.15, 0.2) is 29.2 Å². The van der Waals surface area contributed by atoms with Crippen molar-refractivity contribution >= 4 is 15.9 Å². The summed E-state index contributed by atoms with van der Waals surface area (Å²) in [5.41, 5.74) is 0. The minimum Gasteiger partial charge on any atom is -0.481 e. The van der Waals surface area contributed by atoms with Gasteiger partial charge in [-0.25, -0.2) is 8.42 Å². The Morgan fingerprint density at radius 2 is 1.68 bits per heavy atom. The second-order valence-electron chi connectivity index (χ2n) is 6.28. The number of carbonyl (C=O) groups excluding carboxylic acids is 1. The van der Waals surface area contributed by atoms with Gasteiger partial charge in [0, 0.05) is 26.2 Å². The first-order valence-corrected chi connectivity index (χ1v) is 10.1. The molecular weight excluding hydrogens is 344 g/mol. The first-order valence-electron chi connectivity index (χ1n) is 8.62. The van der Waals surface area contributed by atoms with E-state index in [1.165, 1.54) is 16.4 Å². The molecule has 0 aromatic heterocycles. The maximum absolute atomic E-state index is 12.6. The standard InChI is InChI=1S/C17H24N2O5S/c1-14(17(20)18-8-2-3-9-18)24-15-4-6-16(7-5-15)25(21,22)19-10-12-23-13-11-19/h4-7,14H,2-3,8-13H2,1H3/t14-/m0/s1. The average Bonchev–Trinajstić information content (AvgIpc) is 3.17. The second-order valence-corrected chi connectivity index (χ2v) is 8.22. The van der Waals surface area contributed by atoms with E-state index in [0.717, 1.165) is 25.9 Å². The van der Waals surface area contributed by atoms with Gasteiger partial charge < -0.3 is 14.4 Å². The predicted molar refractivity (Wildman–Crippen MR) is 91.9 cm³/mol. The van der Waals surface area contributed by atoms with Gasteiger partial charge >= 0.3 is 0 Å². The number of morpholine rings is 1. The van der Waals surface area contributed by atoms with Crippen LogP contribution in [0.3, 0.4) is 0 Å². The number of hydrogen-bond acceptors (Lipinski definition) is 5. The molecule has 1 aromatic carbocycles. The number of likely N-dealkylation sites (tertiary alicyclic amines) is 1. The Kier molecular flexibility index (Phi) is 5.61. The van der Waals surface area contributed by atoms with Gasteiger partial charge in [0.2, 0.25) is 10.0 Å². The smallest absolute Gasteiger partial charge is 0.263 e. The van der Waals surface area contributed by atoms with E-state index in [4.69, 9.17) is 9.47 Å². The molecule has 8 heteroatoms. The molecule has 1 atom stereocenters. The molecule has 0 bridgehead atoms. The van der Waals surface area contributed by atoms with Crippen LogP contribution in [0.1, 0.15) is 19.8 Å². The molecule has 7 nitrogen and oxygen atoms in total. The molecule has 2 aliphatic heterocycles. The monoisotopic (exact) mass is 368 g/mol. The minimum atomic E-state index is -3.51. The van der Waals surface area contributed by atoms with Crippen LogP contribution in [-0.4, -0.2) is 69.0 Å². The summed E-state index contributed by atoms with van der Waals surface area (Å²) >= 11 is 0. The molecule has 2 heterocycles. The van der Waals surface area contributed by atoms with E-state index >= 15 is 0 Å². The fourth-order valence-electron chi connectivity index (χ4n) is 3.08. The molecule has 0 unspecified atom stereocenters. The summed E-state index contributed by atoms with van der Waals surface area (Å²) in [6, 6.07) is 6.24. The summed E-state index contributed by atoms with van der Waals surface area (Å²) in [6.45, 7) is 4.84. The molecule has 0 aliphatic carbocycles. The SMILES string of the molecule is C[C@H](Oc1ccc(S(=O)(=O)N2CCOCC2)cc1)C(=O)N1CCCC1. The van der Waals surface area contributed by atoms with Gasteiger partial charge in [-0.2, -0.15) is 4.31 Å². The van der Waals surface area contributed by atoms with Crippen molar-refractivity contribution in [2.75, 3.05) is 39.4 Å². The summed E-state index contributed by atoms with van der Waals surface area (Å²) in [6.07, 6.45) is 1.49. The van der Waals surface area contributed by atoms with Crippen LogP contribution in [0.4, 0.5) is 0 Å². The van der Waals surface area contributed by atoms with Crippen molar-refractivity contribution in [2.24, 2.45) is 0 Å². The lowest BCUT2D eigenvalue weighted by atomic mass is 10.3. The lowest BCUT2D eigenvalue weighted by molar-refractivity contribution is -0.136. The van der Waals surface area contributed by atoms with E-state index in [1.54, 1.807) is 19.1 Å². The van der Waals surface area contributed by atoms with E-state index in [9.17, 15) is 13.2 Å². The van der Waals surface area contributed by atoms with E-state index in [2.05, 4.69) is 0 Å². The Balaban J connectivity index is 1.64. The zero-order chi connectivity index (χ0) is 17.9. The van der Waals surface area contributed by atoms with Crippen molar-refractivity contribution in [1.82, 2.24) is 9.21 Å². The van der Waals surface area contributed by atoms with Gasteiger partial charge in [0.15, 0.2) is 6.10 Å². The molecular formula is C17H24N2O5S. The molecule has 138 valence electrons. The minimum absolute atomic E-state index is 0.0254. The van der Waals surface area contributed by atoms with Gasteiger partial charge in [0.25, 0.3) is 5.91 Å². The third-order valence-electron chi connectivity index (χ3n) is 4.51. The van der Waals surface area contributed by atoms with E-state index in [-0.39, 0.29) is 10.8 Å². The highest BCUT2D eigenvalue weighted by Gasteiger charge is 2.27. The summed E-state index contributed by atoms with van der Waals surface area (Å²) in [4.78, 5) is 14.3. The molecule has 3 rings (SSSR count). The highest BCUT2D eigenvalue weighted by atomic mass is 32.2. The van der Waals surface area contributed by atoms with Crippen LogP contribution in [0.25, 0.3) is 0 Å². The molecule has 1 aromatic rings. The molecule has 0 spiro atoms. The fraction of sp³-hybridized carbons (Fsp3) is 0.588. The fourth-order valence-corrected chi connectivity index (χ4v) is 4.48. The van der Waals surface area contributed by atoms with E-state index in [0.29, 0.717) is 32.1 Å². The Hall–Kier alpha value is -1.64. The zero-order valence-corrected chi connectivity index (χ0v) is 15.2. The Bertz CT molecular complexity index is 692. The molecule has 2 aliphatic rings. The highest BCUT2D eigenvalue weighted by Crippen LogP contribution is 2.21. The summed E-state index contributed by atoms with van der Waals surface area (Å²) in [7, 11) is -3.51. The largest absolute Gasteiger partial charge is 0.481 e. The summed E-state index contributed by atoms with van der Waals surface area (Å²) < 4.78 is 37.4. The quantitative estimate of drug-likeness (QED) is 0.778. The first kappa shape index (κ1) is 18.2. The van der Waals surface area contributed by atoms with Gasteiger partial charge in [-0.1, -0.05) is 0 Å². The van der Waals surface area contributed by atoms with Crippen LogP contribution in [0, 0.1) is 0 Å². The van der Waals surface area contributed by atoms with Gasteiger partial charge in [-0.3, -0.25) is 4.79 Å². The molecule has 2 saturated heterocycles. The number of benzene rings is 1. The van der Waals surface area contributed by atoms with Gasteiger partial charge in [0.05, 0.1) is 18.1 Å². The molecule has 0 radical (unpaired) electrons. The Morgan fingerprint density at radius 1 is 1.08 bits per heavy atom. The number of hydrogen-bond donors (Lipinski definition) is 0. The second kappa shape index (κ2) is 7.72. The normalized spacial score (nSPS) is 20.4. The van der Waals surface area contributed by atoms with Crippen molar-refractivity contribution in [3.05, 3.63) is 24.3 Å². The van der Waals surface area contributed by atoms with Crippen molar-refractivity contribution in [1.29, 1.82) is 0 Å². The molecule has 0 saturated carbocycles. The average molecular weight is 368 g/mol. The van der Waals surface area contributed by atoms with Gasteiger partial charge in [-0.05, 0) is 44.0 Å². The number of amides is 1. The molecule has 1 amide bonds. The maximum atomic E-state index is 12.6. The van der Waals surface area contributed by atoms with Crippen LogP contribution in [0.2, 0.25) is 0 Å². The molecule has 2 fully saturated rings. The number of carbonyl (C=O) groups is 1. The summed E-state index contributed by atoms with van der Waals surface area (Å²) in [5.74, 6) is 0.462. The summed E-state index contributed by atoms with van der Waals surface area (Å²) in [5, 5.41) is 0. The van der Waals surface area contributed by atoms with Gasteiger partial charge in [-0.15, -0.1) is 0 Å². The van der Waals surface area contributed by atoms with Crippen molar-refractivity contribution in [2.45, 2.75) is 30.8 Å². The van der Waals surface area contributed by atoms with Crippen LogP contribution < -0.4 is 4.74 Å². The lowest BCUT2D eigenvalue weighted by Gasteiger charge is -2.26.